The van der Waals surface area contributed by atoms with Crippen LogP contribution >= 0.6 is 11.8 Å². The molecule has 0 radical (unpaired) electrons. The molecular formula is C9H20N2S. The monoisotopic (exact) mass is 188 g/mol. The average Bonchev–Trinajstić information content (AvgIpc) is 2.05. The van der Waals surface area contributed by atoms with Crippen LogP contribution in [0, 0.1) is 0 Å². The van der Waals surface area contributed by atoms with Crippen LogP contribution < -0.4 is 11.1 Å². The molecule has 0 bridgehead atoms. The van der Waals surface area contributed by atoms with Gasteiger partial charge in [-0.2, -0.15) is 11.8 Å². The van der Waals surface area contributed by atoms with Gasteiger partial charge >= 0.3 is 0 Å². The third-order valence-electron chi connectivity index (χ3n) is 2.45. The fraction of sp³-hybridized carbons (Fsp3) is 1.00. The zero-order valence-corrected chi connectivity index (χ0v) is 8.70. The molecule has 1 rings (SSSR count). The Morgan fingerprint density at radius 2 is 2.33 bits per heavy atom. The summed E-state index contributed by atoms with van der Waals surface area (Å²) in [5.41, 5.74) is 5.88. The van der Waals surface area contributed by atoms with E-state index in [-0.39, 0.29) is 0 Å². The molecule has 0 aliphatic heterocycles. The van der Waals surface area contributed by atoms with E-state index in [0.717, 1.165) is 6.54 Å². The number of thioether (sulfide) groups is 1. The minimum atomic E-state index is 0.450. The highest BCUT2D eigenvalue weighted by atomic mass is 32.2. The highest BCUT2D eigenvalue weighted by Crippen LogP contribution is 2.16. The van der Waals surface area contributed by atoms with Gasteiger partial charge in [-0.3, -0.25) is 0 Å². The molecule has 0 aromatic heterocycles. The van der Waals surface area contributed by atoms with Crippen molar-refractivity contribution in [2.45, 2.75) is 37.8 Å². The Labute approximate surface area is 79.7 Å². The zero-order chi connectivity index (χ0) is 8.81. The first-order valence-corrected chi connectivity index (χ1v) is 6.20. The summed E-state index contributed by atoms with van der Waals surface area (Å²) in [6.45, 7) is 1.14. The molecule has 0 aromatic rings. The lowest BCUT2D eigenvalue weighted by Gasteiger charge is -2.27. The Bertz CT molecular complexity index is 119. The van der Waals surface area contributed by atoms with Crippen LogP contribution in [-0.2, 0) is 0 Å². The predicted octanol–water partition coefficient (Wildman–Crippen LogP) is 1.21. The molecule has 3 N–H and O–H groups in total. The summed E-state index contributed by atoms with van der Waals surface area (Å²) in [5, 5.41) is 3.55. The molecule has 12 heavy (non-hydrogen) atoms. The maximum absolute atomic E-state index is 5.88. The zero-order valence-electron chi connectivity index (χ0n) is 7.88. The predicted molar refractivity (Wildman–Crippen MR) is 56.6 cm³/mol. The van der Waals surface area contributed by atoms with Crippen molar-refractivity contribution >= 4 is 11.8 Å². The van der Waals surface area contributed by atoms with Crippen molar-refractivity contribution in [1.82, 2.24) is 5.32 Å². The summed E-state index contributed by atoms with van der Waals surface area (Å²) in [6.07, 6.45) is 7.17. The van der Waals surface area contributed by atoms with Crippen LogP contribution in [0.4, 0.5) is 0 Å². The van der Waals surface area contributed by atoms with Crippen LogP contribution in [-0.4, -0.2) is 30.6 Å². The molecule has 0 heterocycles. The number of hydrogen-bond acceptors (Lipinski definition) is 3. The maximum atomic E-state index is 5.88. The van der Waals surface area contributed by atoms with Crippen molar-refractivity contribution in [3.05, 3.63) is 0 Å². The van der Waals surface area contributed by atoms with Crippen molar-refractivity contribution in [2.75, 3.05) is 18.6 Å². The quantitative estimate of drug-likeness (QED) is 0.651. The van der Waals surface area contributed by atoms with Gasteiger partial charge in [-0.1, -0.05) is 6.42 Å². The minimum Gasteiger partial charge on any atom is -0.328 e. The largest absolute Gasteiger partial charge is 0.328 e. The Kier molecular flexibility index (Phi) is 5.04. The van der Waals surface area contributed by atoms with E-state index in [9.17, 15) is 0 Å². The second-order valence-electron chi connectivity index (χ2n) is 3.57. The summed E-state index contributed by atoms with van der Waals surface area (Å²) in [5.74, 6) is 1.21. The van der Waals surface area contributed by atoms with Gasteiger partial charge in [-0.25, -0.2) is 0 Å². The molecule has 2 atom stereocenters. The van der Waals surface area contributed by atoms with Gasteiger partial charge in [0.1, 0.15) is 0 Å². The van der Waals surface area contributed by atoms with Gasteiger partial charge in [-0.15, -0.1) is 0 Å². The van der Waals surface area contributed by atoms with Gasteiger partial charge in [-0.05, 0) is 25.5 Å². The first-order chi connectivity index (χ1) is 5.83. The van der Waals surface area contributed by atoms with E-state index >= 15 is 0 Å². The van der Waals surface area contributed by atoms with Crippen molar-refractivity contribution in [3.63, 3.8) is 0 Å². The van der Waals surface area contributed by atoms with Crippen LogP contribution in [0.25, 0.3) is 0 Å². The average molecular weight is 188 g/mol. The van der Waals surface area contributed by atoms with Gasteiger partial charge in [0.15, 0.2) is 0 Å². The van der Waals surface area contributed by atoms with Gasteiger partial charge < -0.3 is 11.1 Å². The molecule has 1 aliphatic rings. The van der Waals surface area contributed by atoms with Crippen LogP contribution in [0.1, 0.15) is 25.7 Å². The molecule has 2 nitrogen and oxygen atoms in total. The Morgan fingerprint density at radius 1 is 1.50 bits per heavy atom. The summed E-state index contributed by atoms with van der Waals surface area (Å²) < 4.78 is 0. The molecule has 0 saturated heterocycles. The van der Waals surface area contributed by atoms with E-state index in [1.165, 1.54) is 31.4 Å². The third kappa shape index (κ3) is 3.78. The maximum Gasteiger partial charge on any atom is 0.00821 e. The molecule has 0 amide bonds. The lowest BCUT2D eigenvalue weighted by atomic mass is 9.92. The molecule has 2 unspecified atom stereocenters. The van der Waals surface area contributed by atoms with Gasteiger partial charge in [0.25, 0.3) is 0 Å². The molecule has 72 valence electrons. The fourth-order valence-electron chi connectivity index (χ4n) is 1.78. The van der Waals surface area contributed by atoms with Crippen molar-refractivity contribution in [3.8, 4) is 0 Å². The standard InChI is InChI=1S/C9H20N2S/c1-12-6-5-11-9-4-2-3-8(10)7-9/h8-9,11H,2-7,10H2,1H3. The summed E-state index contributed by atoms with van der Waals surface area (Å²) in [6, 6.07) is 1.14. The summed E-state index contributed by atoms with van der Waals surface area (Å²) in [4.78, 5) is 0. The Morgan fingerprint density at radius 3 is 3.00 bits per heavy atom. The van der Waals surface area contributed by atoms with Crippen LogP contribution in [0.15, 0.2) is 0 Å². The molecular weight excluding hydrogens is 168 g/mol. The van der Waals surface area contributed by atoms with E-state index < -0.39 is 0 Å². The first-order valence-electron chi connectivity index (χ1n) is 4.81. The van der Waals surface area contributed by atoms with E-state index in [4.69, 9.17) is 5.73 Å². The van der Waals surface area contributed by atoms with Gasteiger partial charge in [0.2, 0.25) is 0 Å². The molecule has 0 spiro atoms. The topological polar surface area (TPSA) is 38.0 Å². The minimum absolute atomic E-state index is 0.450. The number of rotatable bonds is 4. The lowest BCUT2D eigenvalue weighted by molar-refractivity contribution is 0.345. The number of nitrogens with two attached hydrogens (primary N) is 1. The molecule has 1 fully saturated rings. The van der Waals surface area contributed by atoms with Crippen LogP contribution in [0.3, 0.4) is 0 Å². The smallest absolute Gasteiger partial charge is 0.00821 e. The van der Waals surface area contributed by atoms with Crippen molar-refractivity contribution in [2.24, 2.45) is 5.73 Å². The fourth-order valence-corrected chi connectivity index (χ4v) is 2.10. The van der Waals surface area contributed by atoms with Crippen LogP contribution in [0.2, 0.25) is 0 Å². The van der Waals surface area contributed by atoms with E-state index in [0.29, 0.717) is 12.1 Å². The second kappa shape index (κ2) is 5.84. The second-order valence-corrected chi connectivity index (χ2v) is 4.56. The van der Waals surface area contributed by atoms with Crippen LogP contribution in [0.5, 0.6) is 0 Å². The summed E-state index contributed by atoms with van der Waals surface area (Å²) >= 11 is 1.90. The molecule has 1 aliphatic carbocycles. The van der Waals surface area contributed by atoms with E-state index in [1.807, 2.05) is 11.8 Å². The van der Waals surface area contributed by atoms with Crippen molar-refractivity contribution in [1.29, 1.82) is 0 Å². The lowest BCUT2D eigenvalue weighted by Crippen LogP contribution is -2.40. The number of nitrogens with one attached hydrogen (secondary N) is 1. The van der Waals surface area contributed by atoms with Crippen molar-refractivity contribution < 1.29 is 0 Å². The SMILES string of the molecule is CSCCNC1CCCC(N)C1. The normalized spacial score (nSPS) is 30.5. The Balaban J connectivity index is 2.06. The summed E-state index contributed by atoms with van der Waals surface area (Å²) in [7, 11) is 0. The van der Waals surface area contributed by atoms with Gasteiger partial charge in [0.05, 0.1) is 0 Å². The van der Waals surface area contributed by atoms with E-state index in [1.54, 1.807) is 0 Å². The third-order valence-corrected chi connectivity index (χ3v) is 3.07. The molecule has 1 saturated carbocycles. The first kappa shape index (κ1) is 10.4. The van der Waals surface area contributed by atoms with Gasteiger partial charge in [0, 0.05) is 24.4 Å². The highest BCUT2D eigenvalue weighted by Gasteiger charge is 2.17. The highest BCUT2D eigenvalue weighted by molar-refractivity contribution is 7.98. The number of hydrogen-bond donors (Lipinski definition) is 2. The molecule has 3 heteroatoms. The molecule has 0 aromatic carbocycles. The van der Waals surface area contributed by atoms with E-state index in [2.05, 4.69) is 11.6 Å². The Hall–Kier alpha value is 0.270.